The summed E-state index contributed by atoms with van der Waals surface area (Å²) in [6, 6.07) is 20.3. The van der Waals surface area contributed by atoms with E-state index in [1.54, 1.807) is 12.1 Å². The lowest BCUT2D eigenvalue weighted by Gasteiger charge is -2.15. The Labute approximate surface area is 220 Å². The van der Waals surface area contributed by atoms with Crippen molar-refractivity contribution < 1.29 is 19.1 Å². The number of hydrogen-bond acceptors (Lipinski definition) is 6. The van der Waals surface area contributed by atoms with Gasteiger partial charge in [0.15, 0.2) is 10.9 Å². The number of rotatable bonds is 8. The largest absolute Gasteiger partial charge is 0.494 e. The molecule has 0 radical (unpaired) electrons. The smallest absolute Gasteiger partial charge is 0.270 e. The average molecular weight is 519 g/mol. The van der Waals surface area contributed by atoms with Crippen molar-refractivity contribution in [3.05, 3.63) is 88.3 Å². The fourth-order valence-electron chi connectivity index (χ4n) is 3.70. The number of anilines is 2. The highest BCUT2D eigenvalue weighted by molar-refractivity contribution is 8.27. The minimum Gasteiger partial charge on any atom is -0.494 e. The first kappa shape index (κ1) is 25.5. The van der Waals surface area contributed by atoms with E-state index in [1.807, 2.05) is 81.4 Å². The Morgan fingerprint density at radius 3 is 2.53 bits per heavy atom. The Morgan fingerprint density at radius 1 is 1.06 bits per heavy atom. The number of ether oxygens (including phenoxy) is 2. The number of benzene rings is 3. The number of nitrogens with zero attached hydrogens (tertiary/aromatic N) is 1. The molecule has 1 fully saturated rings. The molecule has 0 aromatic heterocycles. The predicted molar refractivity (Wildman–Crippen MR) is 150 cm³/mol. The molecular formula is C28H26N2O4S2. The Hall–Kier alpha value is -3.62. The van der Waals surface area contributed by atoms with Crippen LogP contribution in [0.2, 0.25) is 0 Å². The van der Waals surface area contributed by atoms with E-state index in [0.29, 0.717) is 32.8 Å². The quantitative estimate of drug-likeness (QED) is 0.286. The number of carbonyl (C=O) groups is 2. The summed E-state index contributed by atoms with van der Waals surface area (Å²) in [6.45, 7) is 6.27. The third kappa shape index (κ3) is 5.95. The molecule has 6 nitrogen and oxygen atoms in total. The molecule has 1 aliphatic heterocycles. The Bertz CT molecular complexity index is 1340. The molecule has 2 amide bonds. The summed E-state index contributed by atoms with van der Waals surface area (Å²) in [6.07, 6.45) is 1.74. The van der Waals surface area contributed by atoms with E-state index in [1.165, 1.54) is 16.7 Å². The van der Waals surface area contributed by atoms with Crippen molar-refractivity contribution in [1.82, 2.24) is 0 Å². The molecule has 184 valence electrons. The maximum absolute atomic E-state index is 13.2. The van der Waals surface area contributed by atoms with Crippen molar-refractivity contribution >= 4 is 57.6 Å². The lowest BCUT2D eigenvalue weighted by atomic mass is 10.1. The van der Waals surface area contributed by atoms with Gasteiger partial charge >= 0.3 is 0 Å². The van der Waals surface area contributed by atoms with E-state index < -0.39 is 0 Å². The zero-order chi connectivity index (χ0) is 25.7. The molecule has 1 aliphatic rings. The number of amides is 2. The van der Waals surface area contributed by atoms with Crippen LogP contribution in [0, 0.1) is 13.8 Å². The normalized spacial score (nSPS) is 14.3. The van der Waals surface area contributed by atoms with Crippen LogP contribution in [0.1, 0.15) is 23.6 Å². The third-order valence-corrected chi connectivity index (χ3v) is 6.72. The summed E-state index contributed by atoms with van der Waals surface area (Å²) >= 11 is 6.71. The summed E-state index contributed by atoms with van der Waals surface area (Å²) in [5.74, 6) is 0.754. The molecule has 0 aliphatic carbocycles. The Kier molecular flexibility index (Phi) is 8.07. The van der Waals surface area contributed by atoms with Crippen LogP contribution >= 0.6 is 24.0 Å². The van der Waals surface area contributed by atoms with Gasteiger partial charge < -0.3 is 14.8 Å². The minimum atomic E-state index is -0.265. The molecule has 36 heavy (non-hydrogen) atoms. The number of hydrogen-bond donors (Lipinski definition) is 1. The van der Waals surface area contributed by atoms with Crippen LogP contribution in [-0.2, 0) is 9.59 Å². The van der Waals surface area contributed by atoms with E-state index in [9.17, 15) is 9.59 Å². The fourth-order valence-corrected chi connectivity index (χ4v) is 4.99. The number of thioether (sulfide) groups is 1. The van der Waals surface area contributed by atoms with Crippen LogP contribution in [-0.4, -0.2) is 29.3 Å². The highest BCUT2D eigenvalue weighted by Crippen LogP contribution is 2.37. The van der Waals surface area contributed by atoms with Gasteiger partial charge in [-0.1, -0.05) is 59.9 Å². The zero-order valence-corrected chi connectivity index (χ0v) is 21.9. The molecular weight excluding hydrogens is 492 g/mol. The first-order chi connectivity index (χ1) is 17.4. The van der Waals surface area contributed by atoms with E-state index in [-0.39, 0.29) is 18.4 Å². The molecule has 0 spiro atoms. The van der Waals surface area contributed by atoms with E-state index in [0.717, 1.165) is 22.6 Å². The van der Waals surface area contributed by atoms with Crippen LogP contribution in [0.3, 0.4) is 0 Å². The lowest BCUT2D eigenvalue weighted by Crippen LogP contribution is -2.27. The molecule has 1 heterocycles. The summed E-state index contributed by atoms with van der Waals surface area (Å²) < 4.78 is 11.7. The van der Waals surface area contributed by atoms with Gasteiger partial charge in [0.05, 0.1) is 17.2 Å². The highest BCUT2D eigenvalue weighted by Gasteiger charge is 2.33. The highest BCUT2D eigenvalue weighted by atomic mass is 32.2. The SMILES string of the molecule is CCOc1ccc(N2C(=O)/C(=C/c3ccccc3OCC(=O)Nc3ccc(C)cc3C)SC2=S)cc1. The number of carbonyl (C=O) groups excluding carboxylic acids is 2. The van der Waals surface area contributed by atoms with Crippen LogP contribution in [0.4, 0.5) is 11.4 Å². The van der Waals surface area contributed by atoms with Crippen molar-refractivity contribution in [3.8, 4) is 11.5 Å². The van der Waals surface area contributed by atoms with Crippen molar-refractivity contribution in [2.45, 2.75) is 20.8 Å². The molecule has 0 atom stereocenters. The van der Waals surface area contributed by atoms with Gasteiger partial charge in [-0.25, -0.2) is 0 Å². The van der Waals surface area contributed by atoms with Crippen LogP contribution in [0.25, 0.3) is 6.08 Å². The molecule has 3 aromatic rings. The number of thiocarbonyl (C=S) groups is 1. The van der Waals surface area contributed by atoms with Gasteiger partial charge in [-0.3, -0.25) is 14.5 Å². The van der Waals surface area contributed by atoms with Crippen molar-refractivity contribution in [3.63, 3.8) is 0 Å². The minimum absolute atomic E-state index is 0.161. The second kappa shape index (κ2) is 11.4. The van der Waals surface area contributed by atoms with Crippen LogP contribution in [0.5, 0.6) is 11.5 Å². The van der Waals surface area contributed by atoms with Crippen molar-refractivity contribution in [1.29, 1.82) is 0 Å². The van der Waals surface area contributed by atoms with Gasteiger partial charge in [0.1, 0.15) is 11.5 Å². The summed E-state index contributed by atoms with van der Waals surface area (Å²) in [5.41, 5.74) is 4.23. The number of aryl methyl sites for hydroxylation is 2. The topological polar surface area (TPSA) is 67.9 Å². The molecule has 0 bridgehead atoms. The van der Waals surface area contributed by atoms with Gasteiger partial charge in [0, 0.05) is 11.3 Å². The molecule has 3 aromatic carbocycles. The van der Waals surface area contributed by atoms with Gasteiger partial charge in [0.25, 0.3) is 11.8 Å². The van der Waals surface area contributed by atoms with Crippen molar-refractivity contribution in [2.75, 3.05) is 23.4 Å². The monoisotopic (exact) mass is 518 g/mol. The first-order valence-electron chi connectivity index (χ1n) is 11.5. The maximum atomic E-state index is 13.2. The Balaban J connectivity index is 1.46. The van der Waals surface area contributed by atoms with Crippen molar-refractivity contribution in [2.24, 2.45) is 0 Å². The average Bonchev–Trinajstić information content (AvgIpc) is 3.13. The van der Waals surface area contributed by atoms with E-state index in [2.05, 4.69) is 5.32 Å². The summed E-state index contributed by atoms with van der Waals surface area (Å²) in [5, 5.41) is 2.88. The van der Waals surface area contributed by atoms with Gasteiger partial charge in [0.2, 0.25) is 0 Å². The van der Waals surface area contributed by atoms with Gasteiger partial charge in [-0.2, -0.15) is 0 Å². The Morgan fingerprint density at radius 2 is 1.81 bits per heavy atom. The van der Waals surface area contributed by atoms with Crippen LogP contribution < -0.4 is 19.7 Å². The maximum Gasteiger partial charge on any atom is 0.270 e. The van der Waals surface area contributed by atoms with Gasteiger partial charge in [-0.05, 0) is 68.8 Å². The number of nitrogens with one attached hydrogen (secondary N) is 1. The first-order valence-corrected chi connectivity index (χ1v) is 12.7. The molecule has 4 rings (SSSR count). The second-order valence-electron chi connectivity index (χ2n) is 8.14. The third-order valence-electron chi connectivity index (χ3n) is 5.42. The molecule has 0 saturated carbocycles. The molecule has 1 N–H and O–H groups in total. The molecule has 1 saturated heterocycles. The second-order valence-corrected chi connectivity index (χ2v) is 9.81. The van der Waals surface area contributed by atoms with Gasteiger partial charge in [-0.15, -0.1) is 0 Å². The standard InChI is InChI=1S/C28H26N2O4S2/c1-4-33-22-12-10-21(11-13-22)30-27(32)25(36-28(30)35)16-20-7-5-6-8-24(20)34-17-26(31)29-23-14-9-18(2)15-19(23)3/h5-16H,4,17H2,1-3H3,(H,29,31)/b25-16-. The summed E-state index contributed by atoms with van der Waals surface area (Å²) in [7, 11) is 0. The van der Waals surface area contributed by atoms with E-state index in [4.69, 9.17) is 21.7 Å². The summed E-state index contributed by atoms with van der Waals surface area (Å²) in [4.78, 5) is 27.7. The van der Waals surface area contributed by atoms with E-state index >= 15 is 0 Å². The van der Waals surface area contributed by atoms with Crippen LogP contribution in [0.15, 0.2) is 71.6 Å². The lowest BCUT2D eigenvalue weighted by molar-refractivity contribution is -0.118. The fraction of sp³-hybridized carbons (Fsp3) is 0.179. The predicted octanol–water partition coefficient (Wildman–Crippen LogP) is 6.13. The zero-order valence-electron chi connectivity index (χ0n) is 20.2. The molecule has 0 unspecified atom stereocenters. The molecule has 8 heteroatoms. The number of para-hydroxylation sites is 1.